The van der Waals surface area contributed by atoms with Crippen molar-refractivity contribution in [1.29, 1.82) is 0 Å². The normalized spacial score (nSPS) is 17.5. The SMILES string of the molecule is CC1(CNS(=O)(=O)c2ccc(I)c(C(=O)O)c2)CCC1. The minimum Gasteiger partial charge on any atom is -0.478 e. The Kier molecular flexibility index (Phi) is 4.41. The van der Waals surface area contributed by atoms with E-state index < -0.39 is 16.0 Å². The number of carbonyl (C=O) groups is 1. The van der Waals surface area contributed by atoms with Gasteiger partial charge in [-0.2, -0.15) is 0 Å². The maximum Gasteiger partial charge on any atom is 0.336 e. The maximum atomic E-state index is 12.2. The zero-order valence-corrected chi connectivity index (χ0v) is 14.0. The largest absolute Gasteiger partial charge is 0.478 e. The summed E-state index contributed by atoms with van der Waals surface area (Å²) in [4.78, 5) is 11.1. The van der Waals surface area contributed by atoms with Crippen LogP contribution in [0.3, 0.4) is 0 Å². The van der Waals surface area contributed by atoms with E-state index in [0.29, 0.717) is 10.1 Å². The summed E-state index contributed by atoms with van der Waals surface area (Å²) in [5.41, 5.74) is 0.0367. The van der Waals surface area contributed by atoms with Crippen LogP contribution in [0.2, 0.25) is 0 Å². The van der Waals surface area contributed by atoms with Crippen molar-refractivity contribution in [2.75, 3.05) is 6.54 Å². The fourth-order valence-electron chi connectivity index (χ4n) is 2.15. The highest BCUT2D eigenvalue weighted by atomic mass is 127. The first-order chi connectivity index (χ1) is 9.23. The Hall–Kier alpha value is -0.670. The van der Waals surface area contributed by atoms with Crippen LogP contribution in [0.25, 0.3) is 0 Å². The molecule has 0 aromatic heterocycles. The Morgan fingerprint density at radius 3 is 2.60 bits per heavy atom. The number of carboxylic acids is 1. The van der Waals surface area contributed by atoms with Crippen LogP contribution in [0.5, 0.6) is 0 Å². The van der Waals surface area contributed by atoms with Gasteiger partial charge in [-0.3, -0.25) is 0 Å². The highest BCUT2D eigenvalue weighted by Gasteiger charge is 2.33. The van der Waals surface area contributed by atoms with Gasteiger partial charge in [-0.1, -0.05) is 13.3 Å². The molecule has 1 aliphatic carbocycles. The number of hydrogen-bond acceptors (Lipinski definition) is 3. The van der Waals surface area contributed by atoms with Crippen molar-refractivity contribution in [3.05, 3.63) is 27.3 Å². The fraction of sp³-hybridized carbons (Fsp3) is 0.462. The van der Waals surface area contributed by atoms with Crippen molar-refractivity contribution in [3.8, 4) is 0 Å². The Morgan fingerprint density at radius 1 is 1.45 bits per heavy atom. The first-order valence-corrected chi connectivity index (χ1v) is 8.82. The third-order valence-corrected chi connectivity index (χ3v) is 6.07. The van der Waals surface area contributed by atoms with E-state index in [1.54, 1.807) is 0 Å². The van der Waals surface area contributed by atoms with Crippen molar-refractivity contribution < 1.29 is 18.3 Å². The van der Waals surface area contributed by atoms with Gasteiger partial charge in [-0.25, -0.2) is 17.9 Å². The summed E-state index contributed by atoms with van der Waals surface area (Å²) in [5, 5.41) is 9.04. The number of hydrogen-bond donors (Lipinski definition) is 2. The molecular weight excluding hydrogens is 393 g/mol. The third-order valence-electron chi connectivity index (χ3n) is 3.73. The van der Waals surface area contributed by atoms with E-state index in [9.17, 15) is 13.2 Å². The standard InChI is InChI=1S/C13H16INO4S/c1-13(5-2-6-13)8-15-20(18,19)9-3-4-11(14)10(7-9)12(16)17/h3-4,7,15H,2,5-6,8H2,1H3,(H,16,17). The number of sulfonamides is 1. The average molecular weight is 409 g/mol. The molecule has 20 heavy (non-hydrogen) atoms. The molecule has 1 aromatic carbocycles. The predicted octanol–water partition coefficient (Wildman–Crippen LogP) is 2.46. The zero-order valence-electron chi connectivity index (χ0n) is 11.0. The summed E-state index contributed by atoms with van der Waals surface area (Å²) in [6.07, 6.45) is 3.16. The Balaban J connectivity index is 2.21. The van der Waals surface area contributed by atoms with Gasteiger partial charge in [0.1, 0.15) is 0 Å². The van der Waals surface area contributed by atoms with Gasteiger partial charge in [-0.05, 0) is 59.0 Å². The van der Waals surface area contributed by atoms with Crippen LogP contribution in [0.15, 0.2) is 23.1 Å². The molecule has 0 amide bonds. The second kappa shape index (κ2) is 5.61. The topological polar surface area (TPSA) is 83.5 Å². The lowest BCUT2D eigenvalue weighted by Crippen LogP contribution is -2.39. The molecule has 0 unspecified atom stereocenters. The second-order valence-electron chi connectivity index (χ2n) is 5.44. The number of halogens is 1. The number of carboxylic acid groups (broad SMARTS) is 1. The van der Waals surface area contributed by atoms with E-state index in [4.69, 9.17) is 5.11 Å². The van der Waals surface area contributed by atoms with Crippen LogP contribution in [-0.2, 0) is 10.0 Å². The second-order valence-corrected chi connectivity index (χ2v) is 8.36. The predicted molar refractivity (Wildman–Crippen MR) is 83.3 cm³/mol. The summed E-state index contributed by atoms with van der Waals surface area (Å²) in [6, 6.07) is 4.14. The summed E-state index contributed by atoms with van der Waals surface area (Å²) in [6.45, 7) is 2.44. The lowest BCUT2D eigenvalue weighted by Gasteiger charge is -2.38. The maximum absolute atomic E-state index is 12.2. The van der Waals surface area contributed by atoms with Crippen LogP contribution in [0, 0.1) is 8.99 Å². The van der Waals surface area contributed by atoms with Gasteiger partial charge >= 0.3 is 5.97 Å². The van der Waals surface area contributed by atoms with Crippen molar-refractivity contribution in [3.63, 3.8) is 0 Å². The van der Waals surface area contributed by atoms with Gasteiger partial charge in [0.2, 0.25) is 10.0 Å². The van der Waals surface area contributed by atoms with Gasteiger partial charge in [0.25, 0.3) is 0 Å². The molecule has 1 saturated carbocycles. The van der Waals surface area contributed by atoms with Crippen molar-refractivity contribution >= 4 is 38.6 Å². The number of aromatic carboxylic acids is 1. The summed E-state index contributed by atoms with van der Waals surface area (Å²) in [7, 11) is -3.66. The van der Waals surface area contributed by atoms with Gasteiger partial charge in [0.05, 0.1) is 10.5 Å². The van der Waals surface area contributed by atoms with E-state index in [1.165, 1.54) is 18.2 Å². The molecule has 110 valence electrons. The molecule has 0 radical (unpaired) electrons. The molecule has 1 fully saturated rings. The third kappa shape index (κ3) is 3.32. The molecule has 2 N–H and O–H groups in total. The molecule has 5 nitrogen and oxygen atoms in total. The van der Waals surface area contributed by atoms with Crippen LogP contribution in [0.4, 0.5) is 0 Å². The summed E-state index contributed by atoms with van der Waals surface area (Å²) in [5.74, 6) is -1.13. The highest BCUT2D eigenvalue weighted by Crippen LogP contribution is 2.39. The first-order valence-electron chi connectivity index (χ1n) is 6.26. The monoisotopic (exact) mass is 409 g/mol. The molecule has 7 heteroatoms. The molecule has 0 atom stereocenters. The molecular formula is C13H16INO4S. The fourth-order valence-corrected chi connectivity index (χ4v) is 3.94. The van der Waals surface area contributed by atoms with Gasteiger partial charge < -0.3 is 5.11 Å². The quantitative estimate of drug-likeness (QED) is 0.732. The lowest BCUT2D eigenvalue weighted by atomic mass is 9.71. The molecule has 1 aliphatic rings. The van der Waals surface area contributed by atoms with E-state index >= 15 is 0 Å². The highest BCUT2D eigenvalue weighted by molar-refractivity contribution is 14.1. The smallest absolute Gasteiger partial charge is 0.336 e. The van der Waals surface area contributed by atoms with Gasteiger partial charge in [0, 0.05) is 10.1 Å². The van der Waals surface area contributed by atoms with Crippen molar-refractivity contribution in [2.45, 2.75) is 31.1 Å². The Labute approximate surface area is 132 Å². The van der Waals surface area contributed by atoms with Crippen LogP contribution < -0.4 is 4.72 Å². The molecule has 1 aromatic rings. The number of nitrogens with one attached hydrogen (secondary N) is 1. The first kappa shape index (κ1) is 15.7. The number of rotatable bonds is 5. The van der Waals surface area contributed by atoms with Crippen molar-refractivity contribution in [2.24, 2.45) is 5.41 Å². The van der Waals surface area contributed by atoms with E-state index in [0.717, 1.165) is 19.3 Å². The average Bonchev–Trinajstić information content (AvgIpc) is 2.34. The van der Waals surface area contributed by atoms with Crippen LogP contribution in [-0.4, -0.2) is 26.0 Å². The summed E-state index contributed by atoms with van der Waals surface area (Å²) >= 11 is 1.87. The lowest BCUT2D eigenvalue weighted by molar-refractivity contribution is 0.0695. The molecule has 0 aliphatic heterocycles. The Morgan fingerprint density at radius 2 is 2.10 bits per heavy atom. The van der Waals surface area contributed by atoms with Gasteiger partial charge in [-0.15, -0.1) is 0 Å². The van der Waals surface area contributed by atoms with E-state index in [-0.39, 0.29) is 15.9 Å². The summed E-state index contributed by atoms with van der Waals surface area (Å²) < 4.78 is 27.5. The zero-order chi connectivity index (χ0) is 15.0. The Bertz CT molecular complexity index is 638. The minimum absolute atomic E-state index is 0.00163. The molecule has 2 rings (SSSR count). The van der Waals surface area contributed by atoms with Crippen LogP contribution >= 0.6 is 22.6 Å². The molecule has 0 spiro atoms. The molecule has 0 saturated heterocycles. The van der Waals surface area contributed by atoms with Crippen molar-refractivity contribution in [1.82, 2.24) is 4.72 Å². The molecule has 0 bridgehead atoms. The van der Waals surface area contributed by atoms with Gasteiger partial charge in [0.15, 0.2) is 0 Å². The molecule has 0 heterocycles. The number of benzene rings is 1. The minimum atomic E-state index is -3.66. The van der Waals surface area contributed by atoms with Crippen LogP contribution in [0.1, 0.15) is 36.5 Å². The van der Waals surface area contributed by atoms with E-state index in [2.05, 4.69) is 11.6 Å². The van der Waals surface area contributed by atoms with E-state index in [1.807, 2.05) is 22.6 Å².